The van der Waals surface area contributed by atoms with Gasteiger partial charge in [0.25, 0.3) is 0 Å². The first-order valence-corrected chi connectivity index (χ1v) is 9.79. The van der Waals surface area contributed by atoms with E-state index < -0.39 is 0 Å². The van der Waals surface area contributed by atoms with Crippen LogP contribution in [0.2, 0.25) is 0 Å². The molecule has 1 aromatic carbocycles. The van der Waals surface area contributed by atoms with Crippen molar-refractivity contribution in [1.29, 1.82) is 0 Å². The molecule has 6 nitrogen and oxygen atoms in total. The van der Waals surface area contributed by atoms with E-state index in [0.717, 1.165) is 43.5 Å². The number of nitrogens with zero attached hydrogens (tertiary/aromatic N) is 3. The molecule has 2 amide bonds. The Morgan fingerprint density at radius 2 is 2.15 bits per heavy atom. The van der Waals surface area contributed by atoms with Gasteiger partial charge in [0, 0.05) is 42.9 Å². The van der Waals surface area contributed by atoms with Crippen molar-refractivity contribution >= 4 is 6.03 Å². The molecule has 0 unspecified atom stereocenters. The third-order valence-electron chi connectivity index (χ3n) is 6.19. The standard InChI is InChI=1S/C21H28N4O2/c1-24-14-16(13-23-24)18-8-5-12-25(18)20(26)22-15-21(10-6-11-21)17-7-3-4-9-19(17)27-2/h3-4,7,9,13-14,18H,5-6,8,10-12,15H2,1-2H3,(H,22,26)/t18-/m0/s1. The van der Waals surface area contributed by atoms with Gasteiger partial charge in [-0.1, -0.05) is 24.6 Å². The molecule has 1 aromatic heterocycles. The number of benzene rings is 1. The SMILES string of the molecule is COc1ccccc1C1(CNC(=O)N2CCC[C@H]2c2cnn(C)c2)CCC1. The second-order valence-corrected chi connectivity index (χ2v) is 7.79. The van der Waals surface area contributed by atoms with Gasteiger partial charge in [-0.15, -0.1) is 0 Å². The fraction of sp³-hybridized carbons (Fsp3) is 0.524. The molecule has 144 valence electrons. The van der Waals surface area contributed by atoms with Crippen LogP contribution in [0.4, 0.5) is 4.79 Å². The van der Waals surface area contributed by atoms with Crippen molar-refractivity contribution in [2.45, 2.75) is 43.6 Å². The first-order chi connectivity index (χ1) is 13.1. The number of likely N-dealkylation sites (tertiary alicyclic amines) is 1. The smallest absolute Gasteiger partial charge is 0.317 e. The Hall–Kier alpha value is -2.50. The van der Waals surface area contributed by atoms with Gasteiger partial charge >= 0.3 is 6.03 Å². The van der Waals surface area contributed by atoms with Crippen LogP contribution >= 0.6 is 0 Å². The molecule has 1 aliphatic heterocycles. The maximum absolute atomic E-state index is 13.0. The number of amides is 2. The molecule has 0 spiro atoms. The minimum absolute atomic E-state index is 0.00815. The van der Waals surface area contributed by atoms with Gasteiger partial charge in [-0.25, -0.2) is 4.79 Å². The van der Waals surface area contributed by atoms with Gasteiger partial charge in [0.15, 0.2) is 0 Å². The van der Waals surface area contributed by atoms with Gasteiger partial charge in [-0.3, -0.25) is 4.68 Å². The molecule has 1 saturated heterocycles. The number of para-hydroxylation sites is 1. The van der Waals surface area contributed by atoms with Crippen molar-refractivity contribution in [3.63, 3.8) is 0 Å². The van der Waals surface area contributed by atoms with E-state index in [-0.39, 0.29) is 17.5 Å². The normalized spacial score (nSPS) is 21.0. The zero-order valence-corrected chi connectivity index (χ0v) is 16.1. The van der Waals surface area contributed by atoms with E-state index in [1.807, 2.05) is 36.5 Å². The quantitative estimate of drug-likeness (QED) is 0.880. The fourth-order valence-electron chi connectivity index (χ4n) is 4.54. The third kappa shape index (κ3) is 3.29. The topological polar surface area (TPSA) is 59.4 Å². The maximum atomic E-state index is 13.0. The van der Waals surface area contributed by atoms with E-state index in [4.69, 9.17) is 4.74 Å². The first kappa shape index (κ1) is 17.9. The number of hydrogen-bond acceptors (Lipinski definition) is 3. The third-order valence-corrected chi connectivity index (χ3v) is 6.19. The predicted molar refractivity (Wildman–Crippen MR) is 104 cm³/mol. The summed E-state index contributed by atoms with van der Waals surface area (Å²) in [6.07, 6.45) is 9.27. The number of methoxy groups -OCH3 is 1. The minimum Gasteiger partial charge on any atom is -0.496 e. The highest BCUT2D eigenvalue weighted by Crippen LogP contribution is 2.46. The number of rotatable bonds is 5. The number of carbonyl (C=O) groups is 1. The highest BCUT2D eigenvalue weighted by atomic mass is 16.5. The van der Waals surface area contributed by atoms with Crippen LogP contribution in [-0.2, 0) is 12.5 Å². The van der Waals surface area contributed by atoms with E-state index in [9.17, 15) is 4.79 Å². The molecule has 6 heteroatoms. The van der Waals surface area contributed by atoms with Gasteiger partial charge in [0.05, 0.1) is 19.3 Å². The van der Waals surface area contributed by atoms with Crippen molar-refractivity contribution in [2.75, 3.05) is 20.2 Å². The Balaban J connectivity index is 1.46. The Labute approximate surface area is 160 Å². The molecule has 4 rings (SSSR count). The minimum atomic E-state index is -0.00815. The second-order valence-electron chi connectivity index (χ2n) is 7.79. The largest absolute Gasteiger partial charge is 0.496 e. The molecule has 0 radical (unpaired) electrons. The van der Waals surface area contributed by atoms with Crippen LogP contribution in [0.3, 0.4) is 0 Å². The van der Waals surface area contributed by atoms with Gasteiger partial charge in [0.1, 0.15) is 5.75 Å². The van der Waals surface area contributed by atoms with Crippen molar-refractivity contribution in [2.24, 2.45) is 7.05 Å². The first-order valence-electron chi connectivity index (χ1n) is 9.79. The molecule has 2 fully saturated rings. The maximum Gasteiger partial charge on any atom is 0.317 e. The summed E-state index contributed by atoms with van der Waals surface area (Å²) in [6, 6.07) is 8.35. The average Bonchev–Trinajstić information content (AvgIpc) is 3.29. The number of nitrogens with one attached hydrogen (secondary N) is 1. The summed E-state index contributed by atoms with van der Waals surface area (Å²) in [5.41, 5.74) is 2.32. The molecule has 1 aliphatic carbocycles. The number of aromatic nitrogens is 2. The molecule has 1 saturated carbocycles. The molecule has 27 heavy (non-hydrogen) atoms. The van der Waals surface area contributed by atoms with Crippen molar-refractivity contribution in [3.05, 3.63) is 47.8 Å². The zero-order chi connectivity index (χ0) is 18.9. The van der Waals surface area contributed by atoms with Crippen LogP contribution in [0, 0.1) is 0 Å². The van der Waals surface area contributed by atoms with E-state index >= 15 is 0 Å². The summed E-state index contributed by atoms with van der Waals surface area (Å²) in [5, 5.41) is 7.49. The fourth-order valence-corrected chi connectivity index (χ4v) is 4.54. The lowest BCUT2D eigenvalue weighted by Crippen LogP contribution is -2.49. The lowest BCUT2D eigenvalue weighted by Gasteiger charge is -2.43. The van der Waals surface area contributed by atoms with Crippen molar-refractivity contribution < 1.29 is 9.53 Å². The van der Waals surface area contributed by atoms with E-state index in [2.05, 4.69) is 22.5 Å². The Morgan fingerprint density at radius 3 is 2.81 bits per heavy atom. The summed E-state index contributed by atoms with van der Waals surface area (Å²) >= 11 is 0. The molecule has 1 atom stereocenters. The molecule has 2 aromatic rings. The number of ether oxygens (including phenoxy) is 1. The summed E-state index contributed by atoms with van der Waals surface area (Å²) in [4.78, 5) is 14.9. The Bertz CT molecular complexity index is 812. The lowest BCUT2D eigenvalue weighted by molar-refractivity contribution is 0.178. The second kappa shape index (κ2) is 7.25. The number of urea groups is 1. The average molecular weight is 368 g/mol. The summed E-state index contributed by atoms with van der Waals surface area (Å²) in [7, 11) is 3.63. The van der Waals surface area contributed by atoms with Crippen LogP contribution in [0.5, 0.6) is 5.75 Å². The van der Waals surface area contributed by atoms with Crippen LogP contribution in [0.1, 0.15) is 49.3 Å². The molecule has 2 aliphatic rings. The molecule has 0 bridgehead atoms. The van der Waals surface area contributed by atoms with E-state index in [0.29, 0.717) is 6.54 Å². The van der Waals surface area contributed by atoms with Gasteiger partial charge in [0.2, 0.25) is 0 Å². The van der Waals surface area contributed by atoms with E-state index in [1.165, 1.54) is 12.0 Å². The van der Waals surface area contributed by atoms with Crippen LogP contribution in [0.15, 0.2) is 36.7 Å². The Morgan fingerprint density at radius 1 is 1.33 bits per heavy atom. The number of carbonyl (C=O) groups excluding carboxylic acids is 1. The van der Waals surface area contributed by atoms with Crippen molar-refractivity contribution in [3.8, 4) is 5.75 Å². The van der Waals surface area contributed by atoms with Crippen LogP contribution in [-0.4, -0.2) is 40.9 Å². The van der Waals surface area contributed by atoms with Gasteiger partial charge in [-0.2, -0.15) is 5.10 Å². The Kier molecular flexibility index (Phi) is 4.81. The highest BCUT2D eigenvalue weighted by molar-refractivity contribution is 5.75. The van der Waals surface area contributed by atoms with Crippen LogP contribution in [0.25, 0.3) is 0 Å². The molecule has 2 heterocycles. The molecular formula is C21H28N4O2. The lowest BCUT2D eigenvalue weighted by atomic mass is 9.64. The molecular weight excluding hydrogens is 340 g/mol. The summed E-state index contributed by atoms with van der Waals surface area (Å²) in [5.74, 6) is 0.917. The van der Waals surface area contributed by atoms with Gasteiger partial charge in [-0.05, 0) is 31.7 Å². The van der Waals surface area contributed by atoms with Crippen LogP contribution < -0.4 is 10.1 Å². The summed E-state index contributed by atoms with van der Waals surface area (Å²) in [6.45, 7) is 1.45. The van der Waals surface area contributed by atoms with Crippen molar-refractivity contribution in [1.82, 2.24) is 20.0 Å². The zero-order valence-electron chi connectivity index (χ0n) is 16.1. The monoisotopic (exact) mass is 368 g/mol. The predicted octanol–water partition coefficient (Wildman–Crippen LogP) is 3.40. The molecule has 1 N–H and O–H groups in total. The summed E-state index contributed by atoms with van der Waals surface area (Å²) < 4.78 is 7.38. The number of hydrogen-bond donors (Lipinski definition) is 1. The number of aryl methyl sites for hydroxylation is 1. The highest BCUT2D eigenvalue weighted by Gasteiger charge is 2.41. The van der Waals surface area contributed by atoms with E-state index in [1.54, 1.807) is 11.8 Å². The van der Waals surface area contributed by atoms with Gasteiger partial charge < -0.3 is 15.0 Å².